The van der Waals surface area contributed by atoms with E-state index in [2.05, 4.69) is 34.4 Å². The number of hydrogen-bond donors (Lipinski definition) is 2. The first-order chi connectivity index (χ1) is 13.5. The lowest BCUT2D eigenvalue weighted by Gasteiger charge is -2.14. The van der Waals surface area contributed by atoms with E-state index in [0.29, 0.717) is 6.07 Å². The summed E-state index contributed by atoms with van der Waals surface area (Å²) in [4.78, 5) is 20.8. The van der Waals surface area contributed by atoms with Crippen molar-refractivity contribution in [3.8, 4) is 0 Å². The average Bonchev–Trinajstić information content (AvgIpc) is 2.70. The van der Waals surface area contributed by atoms with E-state index in [1.165, 1.54) is 12.3 Å². The van der Waals surface area contributed by atoms with Crippen LogP contribution in [-0.2, 0) is 12.8 Å². The van der Waals surface area contributed by atoms with Crippen molar-refractivity contribution >= 4 is 23.2 Å². The van der Waals surface area contributed by atoms with E-state index in [4.69, 9.17) is 0 Å². The lowest BCUT2D eigenvalue weighted by Crippen LogP contribution is -2.16. The van der Waals surface area contributed by atoms with Crippen molar-refractivity contribution in [2.45, 2.75) is 26.7 Å². The minimum Gasteiger partial charge on any atom is -0.324 e. The first-order valence-electron chi connectivity index (χ1n) is 8.99. The molecule has 0 aliphatic rings. The molecule has 0 unspecified atom stereocenters. The van der Waals surface area contributed by atoms with Crippen LogP contribution in [0.5, 0.6) is 0 Å². The van der Waals surface area contributed by atoms with Crippen LogP contribution in [0.25, 0.3) is 0 Å². The Kier molecular flexibility index (Phi) is 5.93. The zero-order valence-corrected chi connectivity index (χ0v) is 15.6. The number of amides is 1. The topological polar surface area (TPSA) is 66.9 Å². The molecule has 5 nitrogen and oxygen atoms in total. The number of benzene rings is 2. The summed E-state index contributed by atoms with van der Waals surface area (Å²) in [6, 6.07) is 10.4. The van der Waals surface area contributed by atoms with E-state index in [0.717, 1.165) is 41.8 Å². The summed E-state index contributed by atoms with van der Waals surface area (Å²) in [7, 11) is 0. The number of nitrogens with one attached hydrogen (secondary N) is 2. The van der Waals surface area contributed by atoms with Crippen LogP contribution < -0.4 is 10.6 Å². The SMILES string of the molecule is CCc1cccc(CC)c1Nc1nccc(C(=O)Nc2ccc(F)cc2F)n1. The highest BCUT2D eigenvalue weighted by atomic mass is 19.1. The molecule has 28 heavy (non-hydrogen) atoms. The molecule has 2 N–H and O–H groups in total. The molecule has 0 fully saturated rings. The van der Waals surface area contributed by atoms with Gasteiger partial charge in [-0.05, 0) is 42.2 Å². The number of para-hydroxylation sites is 1. The molecule has 0 aliphatic heterocycles. The molecule has 0 saturated carbocycles. The molecule has 2 aromatic carbocycles. The van der Waals surface area contributed by atoms with Crippen LogP contribution in [0.15, 0.2) is 48.7 Å². The molecule has 3 rings (SSSR count). The standard InChI is InChI=1S/C21H20F2N4O/c1-3-13-6-5-7-14(4-2)19(13)27-21-24-11-10-18(26-21)20(28)25-17-9-8-15(22)12-16(17)23/h5-12H,3-4H2,1-2H3,(H,25,28)(H,24,26,27). The summed E-state index contributed by atoms with van der Waals surface area (Å²) in [6.07, 6.45) is 3.12. The summed E-state index contributed by atoms with van der Waals surface area (Å²) in [6.45, 7) is 4.11. The van der Waals surface area contributed by atoms with Crippen LogP contribution in [0.2, 0.25) is 0 Å². The van der Waals surface area contributed by atoms with Crippen LogP contribution in [-0.4, -0.2) is 15.9 Å². The Hall–Kier alpha value is -3.35. The zero-order valence-electron chi connectivity index (χ0n) is 15.6. The van der Waals surface area contributed by atoms with Crippen LogP contribution in [0.1, 0.15) is 35.5 Å². The molecule has 0 aliphatic carbocycles. The number of anilines is 3. The monoisotopic (exact) mass is 382 g/mol. The highest BCUT2D eigenvalue weighted by Gasteiger charge is 2.14. The van der Waals surface area contributed by atoms with Gasteiger partial charge < -0.3 is 10.6 Å². The second-order valence-corrected chi connectivity index (χ2v) is 6.13. The third kappa shape index (κ3) is 4.31. The van der Waals surface area contributed by atoms with Gasteiger partial charge in [0.05, 0.1) is 5.69 Å². The van der Waals surface area contributed by atoms with Gasteiger partial charge in [0.25, 0.3) is 5.91 Å². The number of carbonyl (C=O) groups excluding carboxylic acids is 1. The van der Waals surface area contributed by atoms with E-state index < -0.39 is 17.5 Å². The second kappa shape index (κ2) is 8.56. The van der Waals surface area contributed by atoms with Crippen molar-refractivity contribution in [2.24, 2.45) is 0 Å². The number of aromatic nitrogens is 2. The Morgan fingerprint density at radius 1 is 1.04 bits per heavy atom. The second-order valence-electron chi connectivity index (χ2n) is 6.13. The van der Waals surface area contributed by atoms with Crippen molar-refractivity contribution < 1.29 is 13.6 Å². The molecule has 7 heteroatoms. The molecule has 0 saturated heterocycles. The Balaban J connectivity index is 1.84. The van der Waals surface area contributed by atoms with Crippen LogP contribution in [0, 0.1) is 11.6 Å². The first kappa shape index (κ1) is 19.4. The van der Waals surface area contributed by atoms with Crippen LogP contribution in [0.4, 0.5) is 26.1 Å². The van der Waals surface area contributed by atoms with Crippen molar-refractivity contribution in [2.75, 3.05) is 10.6 Å². The van der Waals surface area contributed by atoms with E-state index in [-0.39, 0.29) is 17.3 Å². The summed E-state index contributed by atoms with van der Waals surface area (Å²) < 4.78 is 26.8. The van der Waals surface area contributed by atoms with Gasteiger partial charge in [-0.1, -0.05) is 32.0 Å². The number of halogens is 2. The number of aryl methyl sites for hydroxylation is 2. The van der Waals surface area contributed by atoms with E-state index in [9.17, 15) is 13.6 Å². The molecule has 0 spiro atoms. The molecule has 144 valence electrons. The Bertz CT molecular complexity index is 985. The zero-order chi connectivity index (χ0) is 20.1. The average molecular weight is 382 g/mol. The third-order valence-corrected chi connectivity index (χ3v) is 4.30. The normalized spacial score (nSPS) is 10.6. The summed E-state index contributed by atoms with van der Waals surface area (Å²) in [5.74, 6) is -1.92. The molecule has 1 amide bonds. The molecule has 0 atom stereocenters. The van der Waals surface area contributed by atoms with Crippen molar-refractivity contribution in [3.05, 3.63) is 77.1 Å². The molecule has 0 radical (unpaired) electrons. The van der Waals surface area contributed by atoms with Gasteiger partial charge in [-0.15, -0.1) is 0 Å². The maximum atomic E-state index is 13.8. The molecule has 1 aromatic heterocycles. The van der Waals surface area contributed by atoms with Crippen LogP contribution in [0.3, 0.4) is 0 Å². The number of carbonyl (C=O) groups is 1. The number of hydrogen-bond acceptors (Lipinski definition) is 4. The number of rotatable bonds is 6. The molecule has 3 aromatic rings. The lowest BCUT2D eigenvalue weighted by molar-refractivity contribution is 0.102. The lowest BCUT2D eigenvalue weighted by atomic mass is 10.0. The number of nitrogens with zero attached hydrogens (tertiary/aromatic N) is 2. The smallest absolute Gasteiger partial charge is 0.274 e. The minimum atomic E-state index is -0.856. The van der Waals surface area contributed by atoms with Gasteiger partial charge in [-0.2, -0.15) is 0 Å². The van der Waals surface area contributed by atoms with Crippen molar-refractivity contribution in [1.29, 1.82) is 0 Å². The van der Waals surface area contributed by atoms with Gasteiger partial charge in [-0.3, -0.25) is 4.79 Å². The van der Waals surface area contributed by atoms with Gasteiger partial charge >= 0.3 is 0 Å². The van der Waals surface area contributed by atoms with Crippen molar-refractivity contribution in [3.63, 3.8) is 0 Å². The first-order valence-corrected chi connectivity index (χ1v) is 8.99. The van der Waals surface area contributed by atoms with Gasteiger partial charge in [0, 0.05) is 18.0 Å². The Morgan fingerprint density at radius 2 is 1.75 bits per heavy atom. The summed E-state index contributed by atoms with van der Waals surface area (Å²) in [5, 5.41) is 5.59. The Morgan fingerprint density at radius 3 is 2.39 bits per heavy atom. The van der Waals surface area contributed by atoms with E-state index >= 15 is 0 Å². The summed E-state index contributed by atoms with van der Waals surface area (Å²) in [5.41, 5.74) is 3.10. The predicted octanol–water partition coefficient (Wildman–Crippen LogP) is 4.88. The van der Waals surface area contributed by atoms with Crippen LogP contribution >= 0.6 is 0 Å². The molecular formula is C21H20F2N4O. The van der Waals surface area contributed by atoms with Gasteiger partial charge in [-0.25, -0.2) is 18.7 Å². The van der Waals surface area contributed by atoms with Gasteiger partial charge in [0.1, 0.15) is 17.3 Å². The predicted molar refractivity (Wildman–Crippen MR) is 105 cm³/mol. The third-order valence-electron chi connectivity index (χ3n) is 4.30. The molecule has 1 heterocycles. The maximum Gasteiger partial charge on any atom is 0.274 e. The highest BCUT2D eigenvalue weighted by molar-refractivity contribution is 6.03. The van der Waals surface area contributed by atoms with E-state index in [1.807, 2.05) is 18.2 Å². The quantitative estimate of drug-likeness (QED) is 0.638. The van der Waals surface area contributed by atoms with Crippen molar-refractivity contribution in [1.82, 2.24) is 9.97 Å². The van der Waals surface area contributed by atoms with Gasteiger partial charge in [0.15, 0.2) is 0 Å². The van der Waals surface area contributed by atoms with E-state index in [1.54, 1.807) is 0 Å². The fraction of sp³-hybridized carbons (Fsp3) is 0.190. The summed E-state index contributed by atoms with van der Waals surface area (Å²) >= 11 is 0. The fourth-order valence-electron chi connectivity index (χ4n) is 2.84. The largest absolute Gasteiger partial charge is 0.324 e. The Labute approximate surface area is 161 Å². The maximum absolute atomic E-state index is 13.8. The van der Waals surface area contributed by atoms with Gasteiger partial charge in [0.2, 0.25) is 5.95 Å². The highest BCUT2D eigenvalue weighted by Crippen LogP contribution is 2.25. The fourth-order valence-corrected chi connectivity index (χ4v) is 2.84. The molecular weight excluding hydrogens is 362 g/mol. The molecule has 0 bridgehead atoms. The minimum absolute atomic E-state index is 0.0632.